The Morgan fingerprint density at radius 3 is 2.65 bits per heavy atom. The Morgan fingerprint density at radius 1 is 1.29 bits per heavy atom. The largest absolute Gasteiger partial charge is 0.389 e. The molecule has 1 N–H and O–H groups in total. The van der Waals surface area contributed by atoms with Gasteiger partial charge in [0.05, 0.1) is 16.1 Å². The smallest absolute Gasteiger partial charge is 0.110 e. The molecule has 0 bridgehead atoms. The Morgan fingerprint density at radius 2 is 2.00 bits per heavy atom. The maximum atomic E-state index is 10.2. The van der Waals surface area contributed by atoms with Gasteiger partial charge in [0.2, 0.25) is 0 Å². The summed E-state index contributed by atoms with van der Waals surface area (Å²) in [6, 6.07) is 10.0. The molecular formula is C14H19IO2. The molecule has 1 aliphatic heterocycles. The predicted molar refractivity (Wildman–Crippen MR) is 77.4 cm³/mol. The summed E-state index contributed by atoms with van der Waals surface area (Å²) in [5.74, 6) is 0. The van der Waals surface area contributed by atoms with Crippen molar-refractivity contribution in [1.29, 1.82) is 0 Å². The van der Waals surface area contributed by atoms with Crippen molar-refractivity contribution in [2.24, 2.45) is 0 Å². The van der Waals surface area contributed by atoms with Crippen molar-refractivity contribution in [3.63, 3.8) is 0 Å². The number of benzene rings is 1. The molecule has 3 heteroatoms. The second kappa shape index (κ2) is 6.16. The minimum Gasteiger partial charge on any atom is -0.389 e. The molecule has 1 fully saturated rings. The summed E-state index contributed by atoms with van der Waals surface area (Å²) in [6.45, 7) is 2.18. The SMILES string of the molecule is CCCC[C@H]1O[C@@H](c2ccccc2)[C@H](O)[C@@H]1I. The van der Waals surface area contributed by atoms with Gasteiger partial charge in [-0.05, 0) is 12.0 Å². The average molecular weight is 346 g/mol. The number of ether oxygens (including phenoxy) is 1. The van der Waals surface area contributed by atoms with E-state index in [2.05, 4.69) is 29.5 Å². The van der Waals surface area contributed by atoms with Crippen LogP contribution in [0, 0.1) is 0 Å². The highest BCUT2D eigenvalue weighted by atomic mass is 127. The lowest BCUT2D eigenvalue weighted by Crippen LogP contribution is -2.24. The molecule has 17 heavy (non-hydrogen) atoms. The zero-order valence-corrected chi connectivity index (χ0v) is 12.2. The van der Waals surface area contributed by atoms with E-state index in [0.29, 0.717) is 0 Å². The highest BCUT2D eigenvalue weighted by Crippen LogP contribution is 2.39. The first-order chi connectivity index (χ1) is 8.24. The standard InChI is InChI=1S/C14H19IO2/c1-2-3-9-11-12(15)13(16)14(17-11)10-7-5-4-6-8-10/h4-8,11-14,16H,2-3,9H2,1H3/t11-,12-,13-,14+/m1/s1. The minimum atomic E-state index is -0.389. The fourth-order valence-electron chi connectivity index (χ4n) is 2.28. The maximum Gasteiger partial charge on any atom is 0.110 e. The molecule has 94 valence electrons. The van der Waals surface area contributed by atoms with Gasteiger partial charge in [0, 0.05) is 0 Å². The average Bonchev–Trinajstić information content (AvgIpc) is 2.65. The molecule has 0 aromatic heterocycles. The first-order valence-electron chi connectivity index (χ1n) is 6.26. The lowest BCUT2D eigenvalue weighted by Gasteiger charge is -2.14. The second-order valence-electron chi connectivity index (χ2n) is 4.58. The first-order valence-corrected chi connectivity index (χ1v) is 7.51. The molecule has 1 aromatic carbocycles. The van der Waals surface area contributed by atoms with Gasteiger partial charge in [0.25, 0.3) is 0 Å². The van der Waals surface area contributed by atoms with Gasteiger partial charge in [-0.3, -0.25) is 0 Å². The van der Waals surface area contributed by atoms with E-state index in [-0.39, 0.29) is 22.2 Å². The maximum absolute atomic E-state index is 10.2. The van der Waals surface area contributed by atoms with Crippen LogP contribution in [0.4, 0.5) is 0 Å². The molecule has 1 saturated heterocycles. The summed E-state index contributed by atoms with van der Waals surface area (Å²) >= 11 is 2.33. The van der Waals surface area contributed by atoms with Crippen molar-refractivity contribution >= 4 is 22.6 Å². The molecule has 0 amide bonds. The van der Waals surface area contributed by atoms with E-state index < -0.39 is 0 Å². The topological polar surface area (TPSA) is 29.5 Å². The zero-order valence-electron chi connectivity index (χ0n) is 10.1. The number of aliphatic hydroxyl groups excluding tert-OH is 1. The molecule has 1 aliphatic rings. The van der Waals surface area contributed by atoms with E-state index in [1.54, 1.807) is 0 Å². The molecule has 1 aromatic rings. The molecular weight excluding hydrogens is 327 g/mol. The molecule has 2 nitrogen and oxygen atoms in total. The van der Waals surface area contributed by atoms with E-state index in [1.165, 1.54) is 12.8 Å². The monoisotopic (exact) mass is 346 g/mol. The highest BCUT2D eigenvalue weighted by molar-refractivity contribution is 14.1. The lowest BCUT2D eigenvalue weighted by molar-refractivity contribution is 0.00583. The Hall–Kier alpha value is -0.130. The molecule has 0 saturated carbocycles. The Bertz CT molecular complexity index is 341. The van der Waals surface area contributed by atoms with Gasteiger partial charge in [-0.25, -0.2) is 0 Å². The quantitative estimate of drug-likeness (QED) is 0.668. The summed E-state index contributed by atoms with van der Waals surface area (Å²) in [5, 5.41) is 10.2. The number of rotatable bonds is 4. The third-order valence-electron chi connectivity index (χ3n) is 3.28. The first kappa shape index (κ1) is 13.3. The molecule has 0 aliphatic carbocycles. The lowest BCUT2D eigenvalue weighted by atomic mass is 10.0. The molecule has 0 spiro atoms. The van der Waals surface area contributed by atoms with E-state index in [1.807, 2.05) is 30.3 Å². The number of hydrogen-bond acceptors (Lipinski definition) is 2. The van der Waals surface area contributed by atoms with Crippen molar-refractivity contribution < 1.29 is 9.84 Å². The highest BCUT2D eigenvalue weighted by Gasteiger charge is 2.42. The molecule has 4 atom stereocenters. The Labute approximate surface area is 117 Å². The zero-order chi connectivity index (χ0) is 12.3. The van der Waals surface area contributed by atoms with Gasteiger partial charge in [0.1, 0.15) is 6.10 Å². The number of unbranched alkanes of at least 4 members (excludes halogenated alkanes) is 1. The third kappa shape index (κ3) is 3.01. The van der Waals surface area contributed by atoms with Crippen LogP contribution in [0.1, 0.15) is 37.9 Å². The van der Waals surface area contributed by atoms with Gasteiger partial charge < -0.3 is 9.84 Å². The van der Waals surface area contributed by atoms with Gasteiger partial charge in [0.15, 0.2) is 0 Å². The third-order valence-corrected chi connectivity index (χ3v) is 4.82. The number of alkyl halides is 1. The van der Waals surface area contributed by atoms with Crippen LogP contribution in [-0.2, 0) is 4.74 Å². The summed E-state index contributed by atoms with van der Waals surface area (Å²) in [4.78, 5) is 0. The molecule has 0 radical (unpaired) electrons. The summed E-state index contributed by atoms with van der Waals surface area (Å²) in [6.07, 6.45) is 3.04. The van der Waals surface area contributed by atoms with Gasteiger partial charge in [-0.15, -0.1) is 0 Å². The fraction of sp³-hybridized carbons (Fsp3) is 0.571. The van der Waals surface area contributed by atoms with Crippen LogP contribution in [0.15, 0.2) is 30.3 Å². The predicted octanol–water partition coefficient (Wildman–Crippen LogP) is 3.48. The summed E-state index contributed by atoms with van der Waals surface area (Å²) in [5.41, 5.74) is 1.08. The van der Waals surface area contributed by atoms with Gasteiger partial charge in [-0.1, -0.05) is 72.7 Å². The van der Waals surface area contributed by atoms with E-state index >= 15 is 0 Å². The molecule has 2 rings (SSSR count). The van der Waals surface area contributed by atoms with Crippen molar-refractivity contribution in [3.05, 3.63) is 35.9 Å². The van der Waals surface area contributed by atoms with Crippen LogP contribution in [-0.4, -0.2) is 21.2 Å². The van der Waals surface area contributed by atoms with Crippen LogP contribution in [0.3, 0.4) is 0 Å². The van der Waals surface area contributed by atoms with Crippen LogP contribution >= 0.6 is 22.6 Å². The molecule has 0 unspecified atom stereocenters. The molecule has 1 heterocycles. The Kier molecular flexibility index (Phi) is 4.82. The van der Waals surface area contributed by atoms with Crippen molar-refractivity contribution in [1.82, 2.24) is 0 Å². The fourth-order valence-corrected chi connectivity index (χ4v) is 3.19. The summed E-state index contributed by atoms with van der Waals surface area (Å²) < 4.78 is 6.22. The van der Waals surface area contributed by atoms with Crippen LogP contribution < -0.4 is 0 Å². The van der Waals surface area contributed by atoms with Crippen molar-refractivity contribution in [3.8, 4) is 0 Å². The van der Waals surface area contributed by atoms with Crippen LogP contribution in [0.5, 0.6) is 0 Å². The van der Waals surface area contributed by atoms with E-state index in [4.69, 9.17) is 4.74 Å². The van der Waals surface area contributed by atoms with Crippen LogP contribution in [0.25, 0.3) is 0 Å². The van der Waals surface area contributed by atoms with Crippen LogP contribution in [0.2, 0.25) is 0 Å². The normalized spacial score (nSPS) is 32.9. The van der Waals surface area contributed by atoms with E-state index in [0.717, 1.165) is 12.0 Å². The van der Waals surface area contributed by atoms with Crippen molar-refractivity contribution in [2.75, 3.05) is 0 Å². The number of hydrogen-bond donors (Lipinski definition) is 1. The minimum absolute atomic E-state index is 0.153. The number of aliphatic hydroxyl groups is 1. The summed E-state index contributed by atoms with van der Waals surface area (Å²) in [7, 11) is 0. The Balaban J connectivity index is 2.06. The van der Waals surface area contributed by atoms with Gasteiger partial charge >= 0.3 is 0 Å². The van der Waals surface area contributed by atoms with Crippen molar-refractivity contribution in [2.45, 2.75) is 48.4 Å². The number of halogens is 1. The van der Waals surface area contributed by atoms with E-state index in [9.17, 15) is 5.11 Å². The van der Waals surface area contributed by atoms with Gasteiger partial charge in [-0.2, -0.15) is 0 Å². The second-order valence-corrected chi connectivity index (χ2v) is 6.02.